The van der Waals surface area contributed by atoms with Gasteiger partial charge in [-0.25, -0.2) is 0 Å². The Bertz CT molecular complexity index is 373. The quantitative estimate of drug-likeness (QED) is 0.260. The first-order valence-corrected chi connectivity index (χ1v) is 10.1. The van der Waals surface area contributed by atoms with Gasteiger partial charge in [0.25, 0.3) is 0 Å². The zero-order valence-electron chi connectivity index (χ0n) is 10.2. The standard InChI is InChI=1S/C13H18I2OSi/c1-10(2)9-17-8-7-11-5-3-4-6-12(11)16-13(14)15/h3-6,9,13H,7-8,17H2,1-2H3. The maximum atomic E-state index is 5.80. The van der Waals surface area contributed by atoms with Gasteiger partial charge < -0.3 is 4.74 Å². The Morgan fingerprint density at radius 3 is 2.71 bits per heavy atom. The number of allylic oxidation sites excluding steroid dienone is 1. The predicted molar refractivity (Wildman–Crippen MR) is 95.4 cm³/mol. The van der Waals surface area contributed by atoms with Gasteiger partial charge in [-0.1, -0.05) is 29.8 Å². The smallest absolute Gasteiger partial charge is 0.199 e. The third-order valence-corrected chi connectivity index (χ3v) is 4.77. The van der Waals surface area contributed by atoms with Gasteiger partial charge in [0.2, 0.25) is 0 Å². The van der Waals surface area contributed by atoms with Crippen molar-refractivity contribution in [2.45, 2.75) is 28.4 Å². The van der Waals surface area contributed by atoms with Crippen LogP contribution in [-0.4, -0.2) is 11.6 Å². The van der Waals surface area contributed by atoms with E-state index < -0.39 is 0 Å². The van der Waals surface area contributed by atoms with E-state index in [1.807, 2.05) is 6.07 Å². The molecule has 0 aliphatic heterocycles. The molecule has 0 aromatic heterocycles. The zero-order chi connectivity index (χ0) is 12.7. The van der Waals surface area contributed by atoms with Crippen molar-refractivity contribution in [2.75, 3.05) is 0 Å². The molecule has 0 atom stereocenters. The van der Waals surface area contributed by atoms with Crippen molar-refractivity contribution in [3.8, 4) is 5.75 Å². The summed E-state index contributed by atoms with van der Waals surface area (Å²) in [6.45, 7) is 4.36. The summed E-state index contributed by atoms with van der Waals surface area (Å²) in [6.07, 6.45) is 1.15. The van der Waals surface area contributed by atoms with E-state index in [-0.39, 0.29) is 11.6 Å². The molecule has 0 unspecified atom stereocenters. The van der Waals surface area contributed by atoms with Crippen molar-refractivity contribution in [2.24, 2.45) is 0 Å². The minimum Gasteiger partial charge on any atom is -0.470 e. The Morgan fingerprint density at radius 1 is 1.35 bits per heavy atom. The van der Waals surface area contributed by atoms with Crippen LogP contribution in [0.15, 0.2) is 35.5 Å². The Hall–Kier alpha value is 0.437. The lowest BCUT2D eigenvalue weighted by atomic mass is 10.1. The van der Waals surface area contributed by atoms with E-state index in [4.69, 9.17) is 4.74 Å². The van der Waals surface area contributed by atoms with E-state index in [2.05, 4.69) is 82.9 Å². The van der Waals surface area contributed by atoms with E-state index in [0.717, 1.165) is 12.2 Å². The van der Waals surface area contributed by atoms with Gasteiger partial charge in [-0.2, -0.15) is 0 Å². The molecule has 0 heterocycles. The van der Waals surface area contributed by atoms with Gasteiger partial charge in [-0.3, -0.25) is 0 Å². The van der Waals surface area contributed by atoms with Gasteiger partial charge in [0, 0.05) is 9.52 Å². The minimum absolute atomic E-state index is 0.0443. The molecule has 0 saturated heterocycles. The molecular formula is C13H18I2OSi. The summed E-state index contributed by atoms with van der Waals surface area (Å²) in [7, 11) is -0.0443. The van der Waals surface area contributed by atoms with Crippen molar-refractivity contribution in [1.29, 1.82) is 0 Å². The second-order valence-electron chi connectivity index (χ2n) is 4.16. The highest BCUT2D eigenvalue weighted by Crippen LogP contribution is 2.24. The number of para-hydroxylation sites is 1. The van der Waals surface area contributed by atoms with Crippen LogP contribution in [0, 0.1) is 0 Å². The summed E-state index contributed by atoms with van der Waals surface area (Å²) in [5.41, 5.74) is 5.24. The summed E-state index contributed by atoms with van der Waals surface area (Å²) in [5, 5.41) is 0. The monoisotopic (exact) mass is 472 g/mol. The number of hydrogen-bond acceptors (Lipinski definition) is 1. The summed E-state index contributed by atoms with van der Waals surface area (Å²) in [5.74, 6) is 1.05. The fraction of sp³-hybridized carbons (Fsp3) is 0.385. The number of hydrogen-bond donors (Lipinski definition) is 0. The van der Waals surface area contributed by atoms with Crippen molar-refractivity contribution < 1.29 is 4.74 Å². The van der Waals surface area contributed by atoms with Crippen LogP contribution in [-0.2, 0) is 6.42 Å². The van der Waals surface area contributed by atoms with Crippen LogP contribution in [0.5, 0.6) is 5.75 Å². The molecule has 0 radical (unpaired) electrons. The van der Waals surface area contributed by atoms with Gasteiger partial charge >= 0.3 is 0 Å². The lowest BCUT2D eigenvalue weighted by molar-refractivity contribution is 0.386. The van der Waals surface area contributed by atoms with Crippen LogP contribution >= 0.6 is 45.2 Å². The molecule has 0 aliphatic rings. The van der Waals surface area contributed by atoms with Crippen LogP contribution in [0.4, 0.5) is 0 Å². The molecule has 1 nitrogen and oxygen atoms in total. The lowest BCUT2D eigenvalue weighted by Crippen LogP contribution is -2.01. The van der Waals surface area contributed by atoms with Crippen LogP contribution in [0.25, 0.3) is 0 Å². The number of ether oxygens (including phenoxy) is 1. The second-order valence-corrected chi connectivity index (χ2v) is 10.5. The fourth-order valence-electron chi connectivity index (χ4n) is 1.60. The maximum Gasteiger partial charge on any atom is 0.199 e. The zero-order valence-corrected chi connectivity index (χ0v) is 16.0. The highest BCUT2D eigenvalue weighted by molar-refractivity contribution is 14.2. The van der Waals surface area contributed by atoms with Crippen LogP contribution < -0.4 is 4.74 Å². The van der Waals surface area contributed by atoms with E-state index in [0.29, 0.717) is 0 Å². The van der Waals surface area contributed by atoms with Gasteiger partial charge in [-0.05, 0) is 77.1 Å². The first-order valence-electron chi connectivity index (χ1n) is 5.75. The molecule has 0 amide bonds. The largest absolute Gasteiger partial charge is 0.470 e. The molecule has 1 aromatic carbocycles. The molecule has 0 saturated carbocycles. The van der Waals surface area contributed by atoms with Crippen LogP contribution in [0.3, 0.4) is 0 Å². The van der Waals surface area contributed by atoms with Gasteiger partial charge in [0.15, 0.2) is 2.12 Å². The first kappa shape index (κ1) is 15.5. The number of benzene rings is 1. The SMILES string of the molecule is CC(C)=C[SiH2]CCc1ccccc1OC(I)I. The lowest BCUT2D eigenvalue weighted by Gasteiger charge is -2.11. The normalized spacial score (nSPS) is 11.1. The maximum absolute atomic E-state index is 5.80. The van der Waals surface area contributed by atoms with Gasteiger partial charge in [0.1, 0.15) is 5.75 Å². The molecule has 0 N–H and O–H groups in total. The van der Waals surface area contributed by atoms with Crippen LogP contribution in [0.1, 0.15) is 19.4 Å². The molecule has 0 fully saturated rings. The van der Waals surface area contributed by atoms with Gasteiger partial charge in [-0.15, -0.1) is 5.70 Å². The summed E-state index contributed by atoms with van der Waals surface area (Å²) in [6, 6.07) is 9.71. The molecule has 17 heavy (non-hydrogen) atoms. The van der Waals surface area contributed by atoms with E-state index >= 15 is 0 Å². The Morgan fingerprint density at radius 2 is 2.06 bits per heavy atom. The summed E-state index contributed by atoms with van der Waals surface area (Å²) >= 11 is 4.56. The molecule has 0 spiro atoms. The highest BCUT2D eigenvalue weighted by atomic mass is 127. The molecule has 94 valence electrons. The average Bonchev–Trinajstić information content (AvgIpc) is 2.25. The summed E-state index contributed by atoms with van der Waals surface area (Å²) < 4.78 is 5.99. The van der Waals surface area contributed by atoms with E-state index in [1.54, 1.807) is 0 Å². The molecule has 1 aromatic rings. The highest BCUT2D eigenvalue weighted by Gasteiger charge is 2.05. The minimum atomic E-state index is -0.0443. The Labute approximate surface area is 134 Å². The molecule has 1 rings (SSSR count). The fourth-order valence-corrected chi connectivity index (χ4v) is 3.52. The average molecular weight is 472 g/mol. The van der Waals surface area contributed by atoms with Gasteiger partial charge in [0.05, 0.1) is 0 Å². The van der Waals surface area contributed by atoms with Crippen molar-refractivity contribution in [3.63, 3.8) is 0 Å². The Balaban J connectivity index is 2.54. The topological polar surface area (TPSA) is 9.23 Å². The van der Waals surface area contributed by atoms with E-state index in [9.17, 15) is 0 Å². The van der Waals surface area contributed by atoms with Crippen LogP contribution in [0.2, 0.25) is 6.04 Å². The second kappa shape index (κ2) is 8.52. The molecule has 4 heteroatoms. The summed E-state index contributed by atoms with van der Waals surface area (Å²) in [4.78, 5) is 0. The number of halogens is 2. The van der Waals surface area contributed by atoms with E-state index in [1.165, 1.54) is 17.2 Å². The number of alkyl halides is 2. The molecule has 0 bridgehead atoms. The van der Waals surface area contributed by atoms with Crippen molar-refractivity contribution in [3.05, 3.63) is 41.1 Å². The van der Waals surface area contributed by atoms with Crippen molar-refractivity contribution >= 4 is 54.7 Å². The number of rotatable bonds is 6. The molecular weight excluding hydrogens is 454 g/mol. The third kappa shape index (κ3) is 6.81. The molecule has 0 aliphatic carbocycles. The van der Waals surface area contributed by atoms with Crippen molar-refractivity contribution in [1.82, 2.24) is 0 Å². The Kier molecular flexibility index (Phi) is 7.77. The number of aryl methyl sites for hydroxylation is 1. The third-order valence-electron chi connectivity index (χ3n) is 2.39. The predicted octanol–water partition coefficient (Wildman–Crippen LogP) is 4.27. The first-order chi connectivity index (χ1) is 8.09.